The van der Waals surface area contributed by atoms with Crippen LogP contribution in [0.15, 0.2) is 53.4 Å². The monoisotopic (exact) mass is 727 g/mol. The molecule has 10 heteroatoms. The van der Waals surface area contributed by atoms with E-state index in [1.54, 1.807) is 19.1 Å². The Morgan fingerprint density at radius 3 is 2.15 bits per heavy atom. The summed E-state index contributed by atoms with van der Waals surface area (Å²) in [4.78, 5) is 10.8. The fourth-order valence-electron chi connectivity index (χ4n) is 8.02. The zero-order chi connectivity index (χ0) is 37.6. The molecule has 0 spiro atoms. The van der Waals surface area contributed by atoms with Gasteiger partial charge in [0, 0.05) is 41.3 Å². The number of hydrogen-bond acceptors (Lipinski definition) is 6. The molecular weight excluding hydrogens is 673 g/mol. The second-order valence-electron chi connectivity index (χ2n) is 15.0. The highest BCUT2D eigenvalue weighted by Crippen LogP contribution is 2.51. The van der Waals surface area contributed by atoms with Crippen molar-refractivity contribution in [3.8, 4) is 11.5 Å². The number of carbonyl (C=O) groups is 1. The minimum atomic E-state index is -4.25. The average molecular weight is 728 g/mol. The van der Waals surface area contributed by atoms with Gasteiger partial charge in [0.05, 0.1) is 0 Å². The molecule has 1 aliphatic carbocycles. The number of rotatable bonds is 17. The van der Waals surface area contributed by atoms with Crippen molar-refractivity contribution in [2.75, 3.05) is 19.6 Å². The van der Waals surface area contributed by atoms with Crippen molar-refractivity contribution in [1.82, 2.24) is 9.62 Å². The Balaban J connectivity index is 1.45. The molecule has 1 unspecified atom stereocenters. The lowest BCUT2D eigenvalue weighted by atomic mass is 9.77. The van der Waals surface area contributed by atoms with E-state index in [1.165, 1.54) is 36.1 Å². The average Bonchev–Trinajstić information content (AvgIpc) is 3.59. The smallest absolute Gasteiger partial charge is 0.245 e. The molecular formula is C42H55N4O5S-3. The number of benzene rings is 3. The van der Waals surface area contributed by atoms with E-state index < -0.39 is 16.0 Å². The molecule has 0 amide bonds. The number of hydrogen-bond donors (Lipinski definition) is 1. The van der Waals surface area contributed by atoms with E-state index >= 15 is 0 Å². The van der Waals surface area contributed by atoms with E-state index in [2.05, 4.69) is 32.7 Å². The van der Waals surface area contributed by atoms with Crippen molar-refractivity contribution in [3.05, 3.63) is 87.1 Å². The summed E-state index contributed by atoms with van der Waals surface area (Å²) in [6.45, 7) is 14.3. The van der Waals surface area contributed by atoms with Gasteiger partial charge in [0.15, 0.2) is 5.75 Å². The summed E-state index contributed by atoms with van der Waals surface area (Å²) in [5.41, 5.74) is 20.3. The predicted octanol–water partition coefficient (Wildman–Crippen LogP) is 7.79. The summed E-state index contributed by atoms with van der Waals surface area (Å²) in [5.74, 6) is 0.537. The molecule has 3 N–H and O–H groups in total. The number of aliphatic carboxylic acids is 1. The molecule has 1 atom stereocenters. The first-order valence-corrected chi connectivity index (χ1v) is 20.4. The van der Waals surface area contributed by atoms with Gasteiger partial charge in [-0.1, -0.05) is 102 Å². The van der Waals surface area contributed by atoms with E-state index in [9.17, 15) is 18.3 Å². The summed E-state index contributed by atoms with van der Waals surface area (Å²) < 4.78 is 37.5. The first kappa shape index (κ1) is 39.3. The molecule has 1 saturated carbocycles. The van der Waals surface area contributed by atoms with Crippen LogP contribution in [-0.2, 0) is 14.8 Å². The molecule has 282 valence electrons. The third kappa shape index (κ3) is 8.35. The van der Waals surface area contributed by atoms with Crippen LogP contribution in [0.3, 0.4) is 0 Å². The van der Waals surface area contributed by atoms with Crippen molar-refractivity contribution >= 4 is 39.5 Å². The Labute approximate surface area is 310 Å². The number of fused-ring (bicyclic) bond motifs is 2. The normalized spacial score (nSPS) is 16.8. The summed E-state index contributed by atoms with van der Waals surface area (Å²) in [6.07, 6.45) is 8.64. The molecule has 0 radical (unpaired) electrons. The third-order valence-electron chi connectivity index (χ3n) is 11.4. The number of sulfonamides is 1. The number of nitrogens with zero attached hydrogens (tertiary/aromatic N) is 1. The molecule has 3 aromatic rings. The fraction of sp³-hybridized carbons (Fsp3) is 0.500. The zero-order valence-corrected chi connectivity index (χ0v) is 32.1. The highest BCUT2D eigenvalue weighted by Gasteiger charge is 2.39. The molecule has 1 fully saturated rings. The van der Waals surface area contributed by atoms with Crippen LogP contribution in [0.2, 0.25) is 0 Å². The van der Waals surface area contributed by atoms with Gasteiger partial charge in [-0.25, -0.2) is 8.42 Å². The molecule has 3 aromatic carbocycles. The predicted molar refractivity (Wildman–Crippen MR) is 208 cm³/mol. The van der Waals surface area contributed by atoms with Crippen LogP contribution in [0.5, 0.6) is 11.5 Å². The number of nitrogens with one attached hydrogen (secondary N) is 3. The molecule has 2 aliphatic rings. The molecule has 9 nitrogen and oxygen atoms in total. The van der Waals surface area contributed by atoms with Gasteiger partial charge in [0.25, 0.3) is 0 Å². The lowest BCUT2D eigenvalue weighted by molar-refractivity contribution is -0.305. The van der Waals surface area contributed by atoms with Gasteiger partial charge in [0.2, 0.25) is 10.0 Å². The molecule has 0 saturated heterocycles. The van der Waals surface area contributed by atoms with Gasteiger partial charge in [0.1, 0.15) is 10.6 Å². The summed E-state index contributed by atoms with van der Waals surface area (Å²) in [5, 5.41) is 16.5. The van der Waals surface area contributed by atoms with Gasteiger partial charge in [-0.2, -0.15) is 4.31 Å². The Kier molecular flexibility index (Phi) is 12.8. The number of ether oxygens (including phenoxy) is 1. The SMILES string of the molecule is C=c1ccccc1=C1c2ccc([NH-])c(C)c2Oc2c1ccc([NH-])c2S(=O)(=O)N(CCCCCNC1(C(C)C(C)C)CCCC1)CCCCCC(=O)[O-]. The van der Waals surface area contributed by atoms with Gasteiger partial charge in [-0.15, -0.1) is 11.4 Å². The molecule has 0 aromatic heterocycles. The lowest BCUT2D eigenvalue weighted by Gasteiger charge is -2.39. The minimum Gasteiger partial charge on any atom is -0.698 e. The van der Waals surface area contributed by atoms with Gasteiger partial charge in [-0.3, -0.25) is 0 Å². The summed E-state index contributed by atoms with van der Waals surface area (Å²) >= 11 is 0. The maximum absolute atomic E-state index is 14.8. The highest BCUT2D eigenvalue weighted by atomic mass is 32.2. The second kappa shape index (κ2) is 16.9. The third-order valence-corrected chi connectivity index (χ3v) is 13.3. The van der Waals surface area contributed by atoms with Crippen LogP contribution in [0.1, 0.15) is 108 Å². The topological polar surface area (TPSA) is 146 Å². The second-order valence-corrected chi connectivity index (χ2v) is 16.9. The highest BCUT2D eigenvalue weighted by molar-refractivity contribution is 7.89. The van der Waals surface area contributed by atoms with Crippen LogP contribution in [-0.4, -0.2) is 43.9 Å². The molecule has 1 aliphatic heterocycles. The van der Waals surface area contributed by atoms with Crippen molar-refractivity contribution in [2.45, 2.75) is 109 Å². The zero-order valence-electron chi connectivity index (χ0n) is 31.3. The summed E-state index contributed by atoms with van der Waals surface area (Å²) in [7, 11) is -4.25. The lowest BCUT2D eigenvalue weighted by Crippen LogP contribution is -2.50. The van der Waals surface area contributed by atoms with Gasteiger partial charge < -0.3 is 31.4 Å². The Morgan fingerprint density at radius 1 is 0.904 bits per heavy atom. The quantitative estimate of drug-likeness (QED) is 0.110. The van der Waals surface area contributed by atoms with Crippen molar-refractivity contribution < 1.29 is 23.1 Å². The Bertz CT molecular complexity index is 1970. The van der Waals surface area contributed by atoms with E-state index in [1.807, 2.05) is 30.3 Å². The minimum absolute atomic E-state index is 0.0727. The van der Waals surface area contributed by atoms with Gasteiger partial charge >= 0.3 is 0 Å². The van der Waals surface area contributed by atoms with E-state index in [0.29, 0.717) is 54.4 Å². The maximum atomic E-state index is 14.8. The number of carbonyl (C=O) groups excluding carboxylic acids is 1. The number of carboxylic acid groups (broad SMARTS) is 1. The van der Waals surface area contributed by atoms with Crippen molar-refractivity contribution in [3.63, 3.8) is 0 Å². The van der Waals surface area contributed by atoms with Crippen LogP contribution in [0.4, 0.5) is 11.4 Å². The molecule has 1 heterocycles. The van der Waals surface area contributed by atoms with E-state index in [-0.39, 0.29) is 47.1 Å². The Morgan fingerprint density at radius 2 is 1.52 bits per heavy atom. The van der Waals surface area contributed by atoms with E-state index in [4.69, 9.17) is 16.2 Å². The number of unbranched alkanes of at least 4 members (excludes halogenated alkanes) is 4. The van der Waals surface area contributed by atoms with Crippen molar-refractivity contribution in [2.24, 2.45) is 11.8 Å². The first-order chi connectivity index (χ1) is 24.8. The number of carboxylic acids is 1. The van der Waals surface area contributed by atoms with Crippen LogP contribution < -0.4 is 25.6 Å². The molecule has 52 heavy (non-hydrogen) atoms. The van der Waals surface area contributed by atoms with Crippen LogP contribution in [0, 0.1) is 18.8 Å². The van der Waals surface area contributed by atoms with Crippen LogP contribution in [0.25, 0.3) is 23.6 Å². The molecule has 5 rings (SSSR count). The van der Waals surface area contributed by atoms with Crippen molar-refractivity contribution in [1.29, 1.82) is 0 Å². The largest absolute Gasteiger partial charge is 0.698 e. The maximum Gasteiger partial charge on any atom is 0.245 e. The van der Waals surface area contributed by atoms with Crippen LogP contribution >= 0.6 is 0 Å². The Hall–Kier alpha value is -3.86. The standard InChI is InChI=1S/C42H56N4O5S/c1-28(2)31(5)42(23-11-12-24-42)45-25-13-7-15-27-46(26-14-6-8-18-37(47)48)52(49,50)41-36(44)22-20-34-38(32-17-10-9-16-29(32)3)33-19-21-35(43)30(4)39(33)51-40(34)41/h9-10,16-17,19-22,28,31,43-45H,3,6-8,11-15,18,23-27H2,1-2,4-5H3,(H,47,48)/q-2/p-1. The van der Waals surface area contributed by atoms with E-state index in [0.717, 1.165) is 41.0 Å². The molecule has 0 bridgehead atoms. The first-order valence-electron chi connectivity index (χ1n) is 18.9. The fourth-order valence-corrected chi connectivity index (χ4v) is 9.75. The van der Waals surface area contributed by atoms with Gasteiger partial charge in [-0.05, 0) is 86.3 Å². The summed E-state index contributed by atoms with van der Waals surface area (Å²) in [6, 6.07) is 14.4.